The Bertz CT molecular complexity index is 1470. The topological polar surface area (TPSA) is 117 Å². The van der Waals surface area contributed by atoms with Crippen molar-refractivity contribution in [3.63, 3.8) is 0 Å². The summed E-state index contributed by atoms with van der Waals surface area (Å²) in [4.78, 5) is 4.17. The molecule has 8 nitrogen and oxygen atoms in total. The molecule has 0 saturated carbocycles. The maximum atomic E-state index is 5.65. The second-order valence-electron chi connectivity index (χ2n) is 7.74. The lowest BCUT2D eigenvalue weighted by Crippen LogP contribution is -2.20. The van der Waals surface area contributed by atoms with Gasteiger partial charge < -0.3 is 16.4 Å². The predicted molar refractivity (Wildman–Crippen MR) is 150 cm³/mol. The van der Waals surface area contributed by atoms with Crippen LogP contribution >= 0.6 is 24.0 Å². The first-order valence-electron chi connectivity index (χ1n) is 11.1. The maximum absolute atomic E-state index is 5.65. The van der Waals surface area contributed by atoms with Crippen LogP contribution < -0.4 is 16.4 Å². The summed E-state index contributed by atoms with van der Waals surface area (Å²) in [7, 11) is 0. The molecule has 0 spiro atoms. The number of aromatic amines is 1. The fourth-order valence-electron chi connectivity index (χ4n) is 3.63. The molecule has 5 aromatic rings. The number of aromatic nitrogens is 5. The number of nitrogens with zero attached hydrogens (tertiary/aromatic N) is 4. The van der Waals surface area contributed by atoms with Gasteiger partial charge in [-0.15, -0.1) is 15.3 Å². The van der Waals surface area contributed by atoms with Crippen molar-refractivity contribution in [1.82, 2.24) is 25.4 Å². The van der Waals surface area contributed by atoms with Gasteiger partial charge in [-0.3, -0.25) is 0 Å². The molecule has 0 aliphatic carbocycles. The fraction of sp³-hybridized carbons (Fsp3) is 0.0385. The molecule has 0 unspecified atom stereocenters. The van der Waals surface area contributed by atoms with E-state index < -0.39 is 0 Å². The third-order valence-corrected chi connectivity index (χ3v) is 6.40. The van der Waals surface area contributed by atoms with E-state index >= 15 is 0 Å². The number of nitrogens with two attached hydrogens (primary N) is 1. The highest BCUT2D eigenvalue weighted by Crippen LogP contribution is 2.33. The average molecular weight is 511 g/mol. The zero-order valence-corrected chi connectivity index (χ0v) is 20.7. The smallest absolute Gasteiger partial charge is 0.216 e. The van der Waals surface area contributed by atoms with Crippen molar-refractivity contribution in [2.24, 2.45) is 0 Å². The van der Waals surface area contributed by atoms with Crippen LogP contribution in [0.3, 0.4) is 0 Å². The van der Waals surface area contributed by atoms with Crippen LogP contribution in [0, 0.1) is 0 Å². The van der Waals surface area contributed by atoms with E-state index in [9.17, 15) is 0 Å². The summed E-state index contributed by atoms with van der Waals surface area (Å²) in [6.45, 7) is 0. The molecule has 0 saturated heterocycles. The van der Waals surface area contributed by atoms with E-state index in [0.29, 0.717) is 27.8 Å². The summed E-state index contributed by atoms with van der Waals surface area (Å²) in [6.07, 6.45) is 0. The van der Waals surface area contributed by atoms with E-state index in [1.54, 1.807) is 0 Å². The standard InChI is InChI=1S/C26H22N8S2/c27-24-30-26(34-33-24)36-16-18-10-4-5-11-19(18)20-12-6-7-13-22(20)28-25(35)29-23-15-14-21(31-32-23)17-8-2-1-3-9-17/h1-15H,16H2,(H3,27,30,33,34)(H2,28,29,32,35). The number of nitrogens with one attached hydrogen (secondary N) is 3. The summed E-state index contributed by atoms with van der Waals surface area (Å²) >= 11 is 7.10. The Kier molecular flexibility index (Phi) is 7.15. The minimum absolute atomic E-state index is 0.306. The number of rotatable bonds is 7. The second kappa shape index (κ2) is 11.0. The summed E-state index contributed by atoms with van der Waals surface area (Å²) in [5.74, 6) is 1.56. The molecule has 0 amide bonds. The zero-order valence-electron chi connectivity index (χ0n) is 19.1. The predicted octanol–water partition coefficient (Wildman–Crippen LogP) is 5.61. The largest absolute Gasteiger partial charge is 0.368 e. The van der Waals surface area contributed by atoms with E-state index in [4.69, 9.17) is 18.0 Å². The highest BCUT2D eigenvalue weighted by molar-refractivity contribution is 7.98. The molecule has 0 aliphatic rings. The van der Waals surface area contributed by atoms with Crippen molar-refractivity contribution in [1.29, 1.82) is 0 Å². The van der Waals surface area contributed by atoms with Gasteiger partial charge in [0.1, 0.15) is 0 Å². The Labute approximate surface area is 217 Å². The number of hydrogen-bond acceptors (Lipinski definition) is 7. The van der Waals surface area contributed by atoms with Gasteiger partial charge in [-0.2, -0.15) is 4.98 Å². The highest BCUT2D eigenvalue weighted by Gasteiger charge is 2.12. The van der Waals surface area contributed by atoms with Crippen molar-refractivity contribution in [2.45, 2.75) is 10.9 Å². The Morgan fingerprint density at radius 3 is 2.33 bits per heavy atom. The first-order valence-corrected chi connectivity index (χ1v) is 12.5. The van der Waals surface area contributed by atoms with Crippen molar-refractivity contribution in [3.8, 4) is 22.4 Å². The lowest BCUT2D eigenvalue weighted by molar-refractivity contribution is 0.973. The van der Waals surface area contributed by atoms with Crippen LogP contribution in [-0.4, -0.2) is 30.5 Å². The van der Waals surface area contributed by atoms with Gasteiger partial charge in [-0.1, -0.05) is 84.6 Å². The SMILES string of the molecule is Nc1nc(SCc2ccccc2-c2ccccc2NC(=S)Nc2ccc(-c3ccccc3)nn2)n[nH]1. The third kappa shape index (κ3) is 5.68. The molecule has 0 fully saturated rings. The lowest BCUT2D eigenvalue weighted by atomic mass is 9.99. The number of nitrogen functional groups attached to an aromatic ring is 1. The molecule has 10 heteroatoms. The number of thiocarbonyl (C=S) groups is 1. The van der Waals surface area contributed by atoms with Gasteiger partial charge in [0.25, 0.3) is 0 Å². The molecule has 5 rings (SSSR count). The van der Waals surface area contributed by atoms with Gasteiger partial charge in [0, 0.05) is 22.6 Å². The monoisotopic (exact) mass is 510 g/mol. The Hall–Kier alpha value is -4.28. The fourth-order valence-corrected chi connectivity index (χ4v) is 4.66. The van der Waals surface area contributed by atoms with Gasteiger partial charge in [0.2, 0.25) is 11.1 Å². The first-order chi connectivity index (χ1) is 17.7. The average Bonchev–Trinajstić information content (AvgIpc) is 3.34. The van der Waals surface area contributed by atoms with Gasteiger partial charge in [0.05, 0.1) is 5.69 Å². The lowest BCUT2D eigenvalue weighted by Gasteiger charge is -2.16. The van der Waals surface area contributed by atoms with E-state index in [1.807, 2.05) is 72.8 Å². The quantitative estimate of drug-likeness (QED) is 0.164. The second-order valence-corrected chi connectivity index (χ2v) is 9.09. The summed E-state index contributed by atoms with van der Waals surface area (Å²) in [5.41, 5.74) is 11.6. The molecule has 3 aromatic carbocycles. The Morgan fingerprint density at radius 1 is 0.833 bits per heavy atom. The summed E-state index contributed by atoms with van der Waals surface area (Å²) < 4.78 is 0. The van der Waals surface area contributed by atoms with Crippen LogP contribution in [0.25, 0.3) is 22.4 Å². The van der Waals surface area contributed by atoms with Crippen LogP contribution in [0.4, 0.5) is 17.5 Å². The number of hydrogen-bond donors (Lipinski definition) is 4. The van der Waals surface area contributed by atoms with Crippen molar-refractivity contribution >= 4 is 46.5 Å². The van der Waals surface area contributed by atoms with E-state index in [0.717, 1.165) is 33.6 Å². The molecule has 36 heavy (non-hydrogen) atoms. The minimum atomic E-state index is 0.306. The van der Waals surface area contributed by atoms with Crippen LogP contribution in [0.5, 0.6) is 0 Å². The molecular formula is C26H22N8S2. The maximum Gasteiger partial charge on any atom is 0.216 e. The zero-order chi connectivity index (χ0) is 24.7. The van der Waals surface area contributed by atoms with Crippen LogP contribution in [-0.2, 0) is 5.75 Å². The molecule has 0 aliphatic heterocycles. The van der Waals surface area contributed by atoms with Crippen LogP contribution in [0.2, 0.25) is 0 Å². The van der Waals surface area contributed by atoms with Crippen molar-refractivity contribution in [3.05, 3.63) is 96.6 Å². The minimum Gasteiger partial charge on any atom is -0.368 e. The molecule has 0 atom stereocenters. The van der Waals surface area contributed by atoms with Crippen molar-refractivity contribution in [2.75, 3.05) is 16.4 Å². The number of benzene rings is 3. The number of H-pyrrole nitrogens is 1. The van der Waals surface area contributed by atoms with Crippen LogP contribution in [0.1, 0.15) is 5.56 Å². The van der Waals surface area contributed by atoms with E-state index in [-0.39, 0.29) is 0 Å². The van der Waals surface area contributed by atoms with Crippen molar-refractivity contribution < 1.29 is 0 Å². The number of para-hydroxylation sites is 1. The summed E-state index contributed by atoms with van der Waals surface area (Å²) in [5, 5.41) is 22.8. The number of thioether (sulfide) groups is 1. The van der Waals surface area contributed by atoms with Gasteiger partial charge in [-0.05, 0) is 41.5 Å². The molecule has 178 valence electrons. The molecule has 0 radical (unpaired) electrons. The third-order valence-electron chi connectivity index (χ3n) is 5.30. The normalized spacial score (nSPS) is 10.7. The molecule has 5 N–H and O–H groups in total. The Balaban J connectivity index is 1.30. The van der Waals surface area contributed by atoms with Gasteiger partial charge in [-0.25, -0.2) is 5.10 Å². The molecule has 0 bridgehead atoms. The summed E-state index contributed by atoms with van der Waals surface area (Å²) in [6, 6.07) is 29.9. The molecule has 2 heterocycles. The molecular weight excluding hydrogens is 488 g/mol. The first kappa shape index (κ1) is 23.5. The van der Waals surface area contributed by atoms with Gasteiger partial charge in [0.15, 0.2) is 10.9 Å². The number of anilines is 3. The Morgan fingerprint density at radius 2 is 1.58 bits per heavy atom. The van der Waals surface area contributed by atoms with Crippen LogP contribution in [0.15, 0.2) is 96.2 Å². The molecule has 2 aromatic heterocycles. The highest BCUT2D eigenvalue weighted by atomic mass is 32.2. The van der Waals surface area contributed by atoms with E-state index in [2.05, 4.69) is 54.2 Å². The van der Waals surface area contributed by atoms with Gasteiger partial charge >= 0.3 is 0 Å². The van der Waals surface area contributed by atoms with E-state index in [1.165, 1.54) is 11.8 Å².